The van der Waals surface area contributed by atoms with Crippen molar-refractivity contribution in [2.45, 2.75) is 57.1 Å². The lowest BCUT2D eigenvalue weighted by Gasteiger charge is -2.43. The number of imide groups is 1. The van der Waals surface area contributed by atoms with Gasteiger partial charge in [0, 0.05) is 41.9 Å². The molecule has 0 saturated carbocycles. The van der Waals surface area contributed by atoms with E-state index >= 15 is 0 Å². The van der Waals surface area contributed by atoms with Gasteiger partial charge in [-0.1, -0.05) is 52.3 Å². The fourth-order valence-corrected chi connectivity index (χ4v) is 8.79. The number of amides is 2. The fourth-order valence-electron chi connectivity index (χ4n) is 8.41. The number of aliphatic hydroxyl groups is 1. The molecule has 0 bridgehead atoms. The molecule has 4 aliphatic rings. The number of likely N-dealkylation sites (tertiary alicyclic amines) is 2. The number of piperidine rings is 1. The fraction of sp³-hybridized carbons (Fsp3) is 0.395. The molecule has 0 radical (unpaired) electrons. The van der Waals surface area contributed by atoms with E-state index in [-0.39, 0.29) is 36.5 Å². The first-order chi connectivity index (χ1) is 23.8. The van der Waals surface area contributed by atoms with Crippen LogP contribution in [0.4, 0.5) is 0 Å². The van der Waals surface area contributed by atoms with Gasteiger partial charge in [0.15, 0.2) is 0 Å². The maximum absolute atomic E-state index is 14.2. The van der Waals surface area contributed by atoms with Gasteiger partial charge >= 0.3 is 7.12 Å². The molecule has 11 heteroatoms. The summed E-state index contributed by atoms with van der Waals surface area (Å²) in [6.45, 7) is 2.22. The molecule has 2 amide bonds. The van der Waals surface area contributed by atoms with E-state index in [0.29, 0.717) is 24.8 Å². The van der Waals surface area contributed by atoms with Crippen LogP contribution in [-0.2, 0) is 20.8 Å². The summed E-state index contributed by atoms with van der Waals surface area (Å²) >= 11 is 3.49. The Kier molecular flexibility index (Phi) is 10.2. The zero-order valence-corrected chi connectivity index (χ0v) is 28.9. The summed E-state index contributed by atoms with van der Waals surface area (Å²) < 4.78 is 6.98. The maximum Gasteiger partial charge on any atom is 0.455 e. The smallest absolute Gasteiger partial charge is 0.455 e. The molecule has 3 saturated heterocycles. The third kappa shape index (κ3) is 7.05. The summed E-state index contributed by atoms with van der Waals surface area (Å²) in [5.74, 6) is -1.67. The van der Waals surface area contributed by atoms with Gasteiger partial charge in [-0.3, -0.25) is 24.4 Å². The van der Waals surface area contributed by atoms with E-state index in [4.69, 9.17) is 4.65 Å². The lowest BCUT2D eigenvalue weighted by Crippen LogP contribution is -2.48. The predicted molar refractivity (Wildman–Crippen MR) is 191 cm³/mol. The highest BCUT2D eigenvalue weighted by Crippen LogP contribution is 2.51. The van der Waals surface area contributed by atoms with Gasteiger partial charge in [-0.25, -0.2) is 0 Å². The second-order valence-electron chi connectivity index (χ2n) is 13.6. The number of halogens is 1. The molecule has 49 heavy (non-hydrogen) atoms. The van der Waals surface area contributed by atoms with Crippen LogP contribution in [0.15, 0.2) is 88.5 Å². The van der Waals surface area contributed by atoms with E-state index < -0.39 is 31.0 Å². The quantitative estimate of drug-likeness (QED) is 0.154. The van der Waals surface area contributed by atoms with Crippen LogP contribution in [-0.4, -0.2) is 80.8 Å². The van der Waals surface area contributed by atoms with Gasteiger partial charge in [-0.15, -0.1) is 0 Å². The van der Waals surface area contributed by atoms with Crippen LogP contribution in [0.1, 0.15) is 48.9 Å². The highest BCUT2D eigenvalue weighted by atomic mass is 79.9. The van der Waals surface area contributed by atoms with Crippen molar-refractivity contribution in [3.05, 3.63) is 105 Å². The summed E-state index contributed by atoms with van der Waals surface area (Å²) in [6, 6.07) is 21.1. The standard InChI is InChI=1S/C38H41BBrN3O6/c40-28-10-11-33(45)26(19-28)18-25(32-8-4-5-15-41-32)9-12-34-35-27(23-44)20-30-36(31(35)21-39(48)49-34)38(47)43(37(30)46)29-13-16-42(17-14-29)22-24-6-2-1-3-7-24/h1-8,10-11,15,18-19,29-31,34,36,44-45,48H,9,12-14,16-17,20-23H2/b25-18-/t30-,31+,34-,36-/m1/s1. The number of fused-ring (bicyclic) bond motifs is 3. The Labute approximate surface area is 295 Å². The van der Waals surface area contributed by atoms with Gasteiger partial charge in [-0.05, 0) is 103 Å². The van der Waals surface area contributed by atoms with Crippen LogP contribution < -0.4 is 0 Å². The Morgan fingerprint density at radius 2 is 1.80 bits per heavy atom. The minimum Gasteiger partial charge on any atom is -0.507 e. The number of pyridine rings is 1. The summed E-state index contributed by atoms with van der Waals surface area (Å²) in [6.07, 6.45) is 5.97. The molecule has 1 aliphatic carbocycles. The maximum atomic E-state index is 14.2. The van der Waals surface area contributed by atoms with E-state index in [2.05, 4.69) is 37.9 Å². The van der Waals surface area contributed by atoms with Gasteiger partial charge in [0.1, 0.15) is 5.75 Å². The minimum absolute atomic E-state index is 0.139. The Hall–Kier alpha value is -3.61. The van der Waals surface area contributed by atoms with E-state index in [9.17, 15) is 24.8 Å². The molecule has 1 aromatic heterocycles. The van der Waals surface area contributed by atoms with E-state index in [1.54, 1.807) is 18.3 Å². The Bertz CT molecular complexity index is 1750. The van der Waals surface area contributed by atoms with Crippen molar-refractivity contribution in [2.24, 2.45) is 17.8 Å². The normalized spacial score (nSPS) is 25.2. The van der Waals surface area contributed by atoms with Crippen LogP contribution >= 0.6 is 15.9 Å². The molecule has 3 aliphatic heterocycles. The number of phenols is 1. The average molecular weight is 726 g/mol. The number of nitrogens with zero attached hydrogens (tertiary/aromatic N) is 3. The topological polar surface area (TPSA) is 123 Å². The molecular formula is C38H41BBrN3O6. The van der Waals surface area contributed by atoms with E-state index in [0.717, 1.165) is 59.4 Å². The largest absolute Gasteiger partial charge is 0.507 e. The number of hydrogen-bond acceptors (Lipinski definition) is 8. The highest BCUT2D eigenvalue weighted by molar-refractivity contribution is 9.10. The van der Waals surface area contributed by atoms with Gasteiger partial charge in [0.25, 0.3) is 0 Å². The average Bonchev–Trinajstić information content (AvgIpc) is 3.37. The molecule has 0 unspecified atom stereocenters. The zero-order chi connectivity index (χ0) is 34.1. The van der Waals surface area contributed by atoms with Crippen molar-refractivity contribution in [2.75, 3.05) is 19.7 Å². The number of phenolic OH excluding ortho intramolecular Hbond substituents is 1. The lowest BCUT2D eigenvalue weighted by molar-refractivity contribution is -0.144. The summed E-state index contributed by atoms with van der Waals surface area (Å²) in [5.41, 5.74) is 5.08. The SMILES string of the molecule is O=C1[C@@H]2[C@@H](CC(CO)=C3[C@@H](CC/C(=C/c4cc(Br)ccc4O)c4ccccn4)OB(O)C[C@@H]32)C(=O)N1C1CCN(Cc2ccccc2)CC1. The molecular weight excluding hydrogens is 685 g/mol. The van der Waals surface area contributed by atoms with Crippen molar-refractivity contribution in [1.29, 1.82) is 0 Å². The van der Waals surface area contributed by atoms with Crippen LogP contribution in [0.2, 0.25) is 6.32 Å². The van der Waals surface area contributed by atoms with Crippen molar-refractivity contribution in [1.82, 2.24) is 14.8 Å². The predicted octanol–water partition coefficient (Wildman–Crippen LogP) is 5.32. The molecule has 254 valence electrons. The monoisotopic (exact) mass is 725 g/mol. The second-order valence-corrected chi connectivity index (χ2v) is 14.6. The molecule has 4 atom stereocenters. The number of aliphatic hydroxyl groups excluding tert-OH is 1. The lowest BCUT2D eigenvalue weighted by atomic mass is 9.58. The van der Waals surface area contributed by atoms with E-state index in [1.165, 1.54) is 10.5 Å². The highest BCUT2D eigenvalue weighted by Gasteiger charge is 2.58. The van der Waals surface area contributed by atoms with Gasteiger partial charge in [0.05, 0.1) is 30.2 Å². The molecule has 0 spiro atoms. The first-order valence-corrected chi connectivity index (χ1v) is 18.0. The minimum atomic E-state index is -1.10. The first kappa shape index (κ1) is 33.9. The van der Waals surface area contributed by atoms with Gasteiger partial charge < -0.3 is 19.9 Å². The number of allylic oxidation sites excluding steroid dienone is 1. The van der Waals surface area contributed by atoms with Crippen molar-refractivity contribution >= 4 is 46.5 Å². The zero-order valence-electron chi connectivity index (χ0n) is 27.3. The van der Waals surface area contributed by atoms with Crippen LogP contribution in [0.25, 0.3) is 11.6 Å². The summed E-state index contributed by atoms with van der Waals surface area (Å²) in [7, 11) is -1.10. The number of hydrogen-bond donors (Lipinski definition) is 3. The Balaban J connectivity index is 1.10. The van der Waals surface area contributed by atoms with Gasteiger partial charge in [-0.2, -0.15) is 0 Å². The third-order valence-electron chi connectivity index (χ3n) is 10.7. The molecule has 4 heterocycles. The number of benzene rings is 2. The number of carbonyl (C=O) groups is 2. The van der Waals surface area contributed by atoms with Crippen molar-refractivity contribution < 1.29 is 29.5 Å². The van der Waals surface area contributed by atoms with Crippen LogP contribution in [0.5, 0.6) is 5.75 Å². The summed E-state index contributed by atoms with van der Waals surface area (Å²) in [5, 5.41) is 32.2. The number of aromatic nitrogens is 1. The number of carbonyl (C=O) groups excluding carboxylic acids is 2. The second kappa shape index (κ2) is 14.7. The van der Waals surface area contributed by atoms with Crippen molar-refractivity contribution in [3.63, 3.8) is 0 Å². The third-order valence-corrected chi connectivity index (χ3v) is 11.2. The van der Waals surface area contributed by atoms with Crippen LogP contribution in [0, 0.1) is 17.8 Å². The Morgan fingerprint density at radius 3 is 2.53 bits per heavy atom. The molecule has 7 rings (SSSR count). The number of aromatic hydroxyl groups is 1. The first-order valence-electron chi connectivity index (χ1n) is 17.2. The molecule has 3 N–H and O–H groups in total. The molecule has 3 fully saturated rings. The summed E-state index contributed by atoms with van der Waals surface area (Å²) in [4.78, 5) is 36.7. The van der Waals surface area contributed by atoms with Gasteiger partial charge in [0.2, 0.25) is 11.8 Å². The van der Waals surface area contributed by atoms with Crippen LogP contribution in [0.3, 0.4) is 0 Å². The molecule has 2 aromatic carbocycles. The molecule has 9 nitrogen and oxygen atoms in total. The molecule has 3 aromatic rings. The number of rotatable bonds is 9. The van der Waals surface area contributed by atoms with Crippen molar-refractivity contribution in [3.8, 4) is 5.75 Å². The Morgan fingerprint density at radius 1 is 1.02 bits per heavy atom. The van der Waals surface area contributed by atoms with E-state index in [1.807, 2.05) is 48.5 Å².